The van der Waals surface area contributed by atoms with Crippen molar-refractivity contribution in [3.05, 3.63) is 63.6 Å². The summed E-state index contributed by atoms with van der Waals surface area (Å²) in [4.78, 5) is 15.8. The van der Waals surface area contributed by atoms with Crippen molar-refractivity contribution >= 4 is 21.8 Å². The molecule has 0 bridgehead atoms. The number of fused-ring (bicyclic) bond motifs is 1. The minimum Gasteiger partial charge on any atom is -0.494 e. The van der Waals surface area contributed by atoms with E-state index in [4.69, 9.17) is 9.47 Å². The van der Waals surface area contributed by atoms with Crippen LogP contribution in [0.15, 0.2) is 46.9 Å². The lowest BCUT2D eigenvalue weighted by Crippen LogP contribution is -2.51. The summed E-state index contributed by atoms with van der Waals surface area (Å²) in [5.74, 6) is 1.11. The number of ether oxygens (including phenoxy) is 2. The van der Waals surface area contributed by atoms with Crippen LogP contribution in [0, 0.1) is 0 Å². The van der Waals surface area contributed by atoms with Gasteiger partial charge in [0.05, 0.1) is 12.0 Å². The lowest BCUT2D eigenvalue weighted by atomic mass is 9.72. The lowest BCUT2D eigenvalue weighted by Gasteiger charge is -2.41. The number of hydrogen-bond donors (Lipinski definition) is 0. The molecular formula is C23H26BrNO3. The van der Waals surface area contributed by atoms with Gasteiger partial charge in [-0.05, 0) is 67.1 Å². The Hall–Kier alpha value is -1.85. The zero-order valence-electron chi connectivity index (χ0n) is 16.2. The smallest absolute Gasteiger partial charge is 0.233 e. The summed E-state index contributed by atoms with van der Waals surface area (Å²) in [5.41, 5.74) is 3.12. The molecule has 2 heterocycles. The van der Waals surface area contributed by atoms with Gasteiger partial charge in [-0.2, -0.15) is 0 Å². The van der Waals surface area contributed by atoms with Crippen molar-refractivity contribution in [2.45, 2.75) is 38.1 Å². The van der Waals surface area contributed by atoms with Gasteiger partial charge in [-0.25, -0.2) is 0 Å². The van der Waals surface area contributed by atoms with Gasteiger partial charge >= 0.3 is 0 Å². The summed E-state index contributed by atoms with van der Waals surface area (Å²) in [6.45, 7) is 5.30. The molecule has 2 aliphatic heterocycles. The standard InChI is InChI=1S/C23H26BrNO3/c1-2-28-21-8-3-17-9-12-25(16-18(17)15-21)22(26)23(10-13-27-14-11-23)19-4-6-20(24)7-5-19/h3-8,15H,2,9-14,16H2,1H3. The van der Waals surface area contributed by atoms with Gasteiger partial charge in [0, 0.05) is 30.8 Å². The van der Waals surface area contributed by atoms with Gasteiger partial charge in [0.25, 0.3) is 0 Å². The first-order chi connectivity index (χ1) is 13.6. The van der Waals surface area contributed by atoms with Gasteiger partial charge < -0.3 is 14.4 Å². The molecule has 1 fully saturated rings. The highest BCUT2D eigenvalue weighted by atomic mass is 79.9. The lowest BCUT2D eigenvalue weighted by molar-refractivity contribution is -0.142. The number of carbonyl (C=O) groups is 1. The molecule has 1 amide bonds. The number of amides is 1. The maximum absolute atomic E-state index is 13.8. The quantitative estimate of drug-likeness (QED) is 0.698. The van der Waals surface area contributed by atoms with Crippen LogP contribution in [0.3, 0.4) is 0 Å². The Balaban J connectivity index is 1.62. The van der Waals surface area contributed by atoms with Gasteiger partial charge in [0.2, 0.25) is 5.91 Å². The third-order valence-corrected chi connectivity index (χ3v) is 6.47. The molecule has 148 valence electrons. The molecule has 0 aliphatic carbocycles. The SMILES string of the molecule is CCOc1ccc2c(c1)CN(C(=O)C1(c3ccc(Br)cc3)CCOCC1)CC2. The molecule has 0 aromatic heterocycles. The molecule has 0 spiro atoms. The normalized spacial score (nSPS) is 18.4. The van der Waals surface area contributed by atoms with E-state index in [1.807, 2.05) is 30.0 Å². The minimum absolute atomic E-state index is 0.227. The van der Waals surface area contributed by atoms with E-state index in [1.165, 1.54) is 11.1 Å². The molecule has 4 nitrogen and oxygen atoms in total. The van der Waals surface area contributed by atoms with Gasteiger partial charge in [0.1, 0.15) is 5.75 Å². The number of nitrogens with zero attached hydrogens (tertiary/aromatic N) is 1. The molecule has 2 aromatic carbocycles. The highest BCUT2D eigenvalue weighted by Crippen LogP contribution is 2.38. The first-order valence-electron chi connectivity index (χ1n) is 10.0. The predicted molar refractivity (Wildman–Crippen MR) is 113 cm³/mol. The molecule has 0 N–H and O–H groups in total. The third kappa shape index (κ3) is 3.70. The molecule has 2 aromatic rings. The third-order valence-electron chi connectivity index (χ3n) is 5.94. The van der Waals surface area contributed by atoms with E-state index in [1.54, 1.807) is 0 Å². The van der Waals surface area contributed by atoms with Gasteiger partial charge in [-0.1, -0.05) is 34.1 Å². The second-order valence-electron chi connectivity index (χ2n) is 7.54. The number of rotatable bonds is 4. The Labute approximate surface area is 175 Å². The van der Waals surface area contributed by atoms with Crippen LogP contribution in [0.2, 0.25) is 0 Å². The van der Waals surface area contributed by atoms with Crippen molar-refractivity contribution in [3.63, 3.8) is 0 Å². The topological polar surface area (TPSA) is 38.8 Å². The summed E-state index contributed by atoms with van der Waals surface area (Å²) in [6, 6.07) is 14.5. The summed E-state index contributed by atoms with van der Waals surface area (Å²) < 4.78 is 12.3. The summed E-state index contributed by atoms with van der Waals surface area (Å²) in [7, 11) is 0. The first-order valence-corrected chi connectivity index (χ1v) is 10.8. The Morgan fingerprint density at radius 2 is 1.89 bits per heavy atom. The fraction of sp³-hybridized carbons (Fsp3) is 0.435. The van der Waals surface area contributed by atoms with Crippen LogP contribution in [0.25, 0.3) is 0 Å². The van der Waals surface area contributed by atoms with Crippen molar-refractivity contribution in [2.75, 3.05) is 26.4 Å². The van der Waals surface area contributed by atoms with E-state index in [0.29, 0.717) is 26.4 Å². The second-order valence-corrected chi connectivity index (χ2v) is 8.46. The molecule has 0 unspecified atom stereocenters. The van der Waals surface area contributed by atoms with Crippen molar-refractivity contribution in [3.8, 4) is 5.75 Å². The first kappa shape index (κ1) is 19.5. The largest absolute Gasteiger partial charge is 0.494 e. The van der Waals surface area contributed by atoms with Crippen molar-refractivity contribution < 1.29 is 14.3 Å². The zero-order chi connectivity index (χ0) is 19.6. The minimum atomic E-state index is -0.492. The molecule has 4 rings (SSSR count). The second kappa shape index (κ2) is 8.26. The Kier molecular flexibility index (Phi) is 5.74. The van der Waals surface area contributed by atoms with E-state index < -0.39 is 5.41 Å². The predicted octanol–water partition coefficient (Wildman–Crippen LogP) is 4.48. The molecule has 1 saturated heterocycles. The Morgan fingerprint density at radius 1 is 1.14 bits per heavy atom. The molecule has 0 radical (unpaired) electrons. The molecule has 0 atom stereocenters. The van der Waals surface area contributed by atoms with E-state index in [-0.39, 0.29) is 5.91 Å². The zero-order valence-corrected chi connectivity index (χ0v) is 17.8. The van der Waals surface area contributed by atoms with Gasteiger partial charge in [0.15, 0.2) is 0 Å². The van der Waals surface area contributed by atoms with Crippen LogP contribution in [0.5, 0.6) is 5.75 Å². The van der Waals surface area contributed by atoms with Crippen LogP contribution in [0.4, 0.5) is 0 Å². The van der Waals surface area contributed by atoms with Crippen LogP contribution in [0.1, 0.15) is 36.5 Å². The van der Waals surface area contributed by atoms with Crippen LogP contribution in [-0.2, 0) is 27.9 Å². The fourth-order valence-electron chi connectivity index (χ4n) is 4.38. The van der Waals surface area contributed by atoms with E-state index in [9.17, 15) is 4.79 Å². The Bertz CT molecular complexity index is 843. The van der Waals surface area contributed by atoms with Crippen molar-refractivity contribution in [2.24, 2.45) is 0 Å². The summed E-state index contributed by atoms with van der Waals surface area (Å²) in [6.07, 6.45) is 2.35. The van der Waals surface area contributed by atoms with Gasteiger partial charge in [-0.15, -0.1) is 0 Å². The number of hydrogen-bond acceptors (Lipinski definition) is 3. The van der Waals surface area contributed by atoms with E-state index in [0.717, 1.165) is 41.6 Å². The number of halogens is 1. The molecule has 0 saturated carbocycles. The summed E-state index contributed by atoms with van der Waals surface area (Å²) in [5, 5.41) is 0. The van der Waals surface area contributed by atoms with E-state index in [2.05, 4.69) is 40.2 Å². The average molecular weight is 444 g/mol. The van der Waals surface area contributed by atoms with Crippen molar-refractivity contribution in [1.29, 1.82) is 0 Å². The number of benzene rings is 2. The maximum atomic E-state index is 13.8. The summed E-state index contributed by atoms with van der Waals surface area (Å²) >= 11 is 3.51. The monoisotopic (exact) mass is 443 g/mol. The highest BCUT2D eigenvalue weighted by Gasteiger charge is 2.44. The fourth-order valence-corrected chi connectivity index (χ4v) is 4.65. The molecular weight excluding hydrogens is 418 g/mol. The molecule has 2 aliphatic rings. The highest BCUT2D eigenvalue weighted by molar-refractivity contribution is 9.10. The average Bonchev–Trinajstić information content (AvgIpc) is 2.74. The Morgan fingerprint density at radius 3 is 2.61 bits per heavy atom. The number of carbonyl (C=O) groups excluding carboxylic acids is 1. The van der Waals surface area contributed by atoms with Crippen molar-refractivity contribution in [1.82, 2.24) is 4.90 Å². The molecule has 5 heteroatoms. The van der Waals surface area contributed by atoms with Gasteiger partial charge in [-0.3, -0.25) is 4.79 Å². The van der Waals surface area contributed by atoms with Crippen LogP contribution < -0.4 is 4.74 Å². The van der Waals surface area contributed by atoms with Crippen LogP contribution >= 0.6 is 15.9 Å². The maximum Gasteiger partial charge on any atom is 0.233 e. The van der Waals surface area contributed by atoms with Crippen LogP contribution in [-0.4, -0.2) is 37.2 Å². The van der Waals surface area contributed by atoms with E-state index >= 15 is 0 Å². The molecule has 28 heavy (non-hydrogen) atoms.